The molecular formula is C14H14ClN3O3. The molecule has 0 saturated heterocycles. The predicted octanol–water partition coefficient (Wildman–Crippen LogP) is 2.33. The van der Waals surface area contributed by atoms with Crippen LogP contribution in [0.3, 0.4) is 0 Å². The number of aromatic nitrogens is 2. The van der Waals surface area contributed by atoms with E-state index < -0.39 is 0 Å². The van der Waals surface area contributed by atoms with Gasteiger partial charge in [-0.2, -0.15) is 4.98 Å². The molecular weight excluding hydrogens is 294 g/mol. The number of benzene rings is 1. The fourth-order valence-electron chi connectivity index (χ4n) is 1.66. The summed E-state index contributed by atoms with van der Waals surface area (Å²) in [6, 6.07) is 8.68. The lowest BCUT2D eigenvalue weighted by Crippen LogP contribution is -2.16. The van der Waals surface area contributed by atoms with E-state index in [1.807, 2.05) is 12.1 Å². The van der Waals surface area contributed by atoms with Gasteiger partial charge in [0, 0.05) is 6.07 Å². The van der Waals surface area contributed by atoms with E-state index in [0.29, 0.717) is 0 Å². The van der Waals surface area contributed by atoms with Gasteiger partial charge >= 0.3 is 0 Å². The first kappa shape index (κ1) is 15.1. The molecule has 2 aromatic rings. The second-order valence-corrected chi connectivity index (χ2v) is 4.52. The summed E-state index contributed by atoms with van der Waals surface area (Å²) in [6.07, 6.45) is 0.197. The lowest BCUT2D eigenvalue weighted by atomic mass is 10.1. The van der Waals surface area contributed by atoms with Gasteiger partial charge in [-0.3, -0.25) is 10.1 Å². The minimum absolute atomic E-state index is 0.109. The highest BCUT2D eigenvalue weighted by molar-refractivity contribution is 6.29. The average molecular weight is 308 g/mol. The molecule has 1 amide bonds. The van der Waals surface area contributed by atoms with Crippen LogP contribution in [0.2, 0.25) is 5.15 Å². The van der Waals surface area contributed by atoms with Crippen molar-refractivity contribution in [1.29, 1.82) is 0 Å². The highest BCUT2D eigenvalue weighted by Gasteiger charge is 2.09. The Hall–Kier alpha value is -2.34. The fourth-order valence-corrected chi connectivity index (χ4v) is 1.83. The lowest BCUT2D eigenvalue weighted by molar-refractivity contribution is -0.115. The van der Waals surface area contributed by atoms with Gasteiger partial charge in [0.1, 0.15) is 10.9 Å². The van der Waals surface area contributed by atoms with E-state index in [-0.39, 0.29) is 29.3 Å². The molecule has 0 radical (unpaired) electrons. The van der Waals surface area contributed by atoms with Gasteiger partial charge in [0.2, 0.25) is 17.7 Å². The number of nitrogens with zero attached hydrogens (tertiary/aromatic N) is 2. The molecule has 0 saturated carbocycles. The number of methoxy groups -OCH3 is 2. The molecule has 0 aliphatic rings. The Morgan fingerprint density at radius 2 is 1.90 bits per heavy atom. The van der Waals surface area contributed by atoms with Gasteiger partial charge in [-0.1, -0.05) is 23.7 Å². The highest BCUT2D eigenvalue weighted by Crippen LogP contribution is 2.16. The molecule has 0 bridgehead atoms. The average Bonchev–Trinajstić information content (AvgIpc) is 2.47. The van der Waals surface area contributed by atoms with Crippen molar-refractivity contribution in [3.05, 3.63) is 41.0 Å². The summed E-state index contributed by atoms with van der Waals surface area (Å²) in [5, 5.41) is 2.77. The van der Waals surface area contributed by atoms with Crippen LogP contribution in [0.1, 0.15) is 5.56 Å². The molecule has 1 aromatic carbocycles. The molecule has 21 heavy (non-hydrogen) atoms. The van der Waals surface area contributed by atoms with Gasteiger partial charge in [-0.25, -0.2) is 4.98 Å². The van der Waals surface area contributed by atoms with E-state index in [9.17, 15) is 4.79 Å². The van der Waals surface area contributed by atoms with Crippen molar-refractivity contribution in [2.75, 3.05) is 19.5 Å². The van der Waals surface area contributed by atoms with Crippen LogP contribution >= 0.6 is 11.6 Å². The Bertz CT molecular complexity index is 632. The van der Waals surface area contributed by atoms with Crippen LogP contribution in [0.5, 0.6) is 11.6 Å². The molecule has 7 heteroatoms. The van der Waals surface area contributed by atoms with Gasteiger partial charge in [-0.15, -0.1) is 0 Å². The standard InChI is InChI=1S/C14H14ClN3O3/c1-20-10-5-3-9(4-6-10)7-12(19)17-14-16-11(15)8-13(18-14)21-2/h3-6,8H,7H2,1-2H3,(H,16,17,18,19). The van der Waals surface area contributed by atoms with Crippen LogP contribution in [0.15, 0.2) is 30.3 Å². The van der Waals surface area contributed by atoms with E-state index in [1.54, 1.807) is 19.2 Å². The number of ether oxygens (including phenoxy) is 2. The monoisotopic (exact) mass is 307 g/mol. The third kappa shape index (κ3) is 4.32. The van der Waals surface area contributed by atoms with Gasteiger partial charge < -0.3 is 9.47 Å². The number of halogens is 1. The fraction of sp³-hybridized carbons (Fsp3) is 0.214. The molecule has 1 aromatic heterocycles. The second-order valence-electron chi connectivity index (χ2n) is 4.13. The number of hydrogen-bond acceptors (Lipinski definition) is 5. The largest absolute Gasteiger partial charge is 0.497 e. The van der Waals surface area contributed by atoms with Crippen molar-refractivity contribution in [2.45, 2.75) is 6.42 Å². The minimum Gasteiger partial charge on any atom is -0.497 e. The summed E-state index contributed by atoms with van der Waals surface area (Å²) in [5.41, 5.74) is 0.849. The van der Waals surface area contributed by atoms with E-state index in [0.717, 1.165) is 11.3 Å². The van der Waals surface area contributed by atoms with Crippen LogP contribution in [0, 0.1) is 0 Å². The SMILES string of the molecule is COc1ccc(CC(=O)Nc2nc(Cl)cc(OC)n2)cc1. The van der Waals surface area contributed by atoms with E-state index in [1.165, 1.54) is 13.2 Å². The van der Waals surface area contributed by atoms with Crippen molar-refractivity contribution in [1.82, 2.24) is 9.97 Å². The van der Waals surface area contributed by atoms with Crippen molar-refractivity contribution >= 4 is 23.5 Å². The van der Waals surface area contributed by atoms with Gasteiger partial charge in [0.15, 0.2) is 0 Å². The first-order valence-corrected chi connectivity index (χ1v) is 6.50. The van der Waals surface area contributed by atoms with Crippen LogP contribution in [-0.4, -0.2) is 30.1 Å². The minimum atomic E-state index is -0.246. The molecule has 1 N–H and O–H groups in total. The Morgan fingerprint density at radius 3 is 2.52 bits per heavy atom. The van der Waals surface area contributed by atoms with Crippen molar-refractivity contribution in [3.8, 4) is 11.6 Å². The number of amides is 1. The molecule has 0 fully saturated rings. The first-order chi connectivity index (χ1) is 10.1. The summed E-state index contributed by atoms with van der Waals surface area (Å²) in [6.45, 7) is 0. The summed E-state index contributed by atoms with van der Waals surface area (Å²) < 4.78 is 10.0. The smallest absolute Gasteiger partial charge is 0.234 e. The summed E-state index contributed by atoms with van der Waals surface area (Å²) in [7, 11) is 3.05. The van der Waals surface area contributed by atoms with E-state index in [2.05, 4.69) is 15.3 Å². The highest BCUT2D eigenvalue weighted by atomic mass is 35.5. The van der Waals surface area contributed by atoms with Crippen LogP contribution in [0.25, 0.3) is 0 Å². The summed E-state index contributed by atoms with van der Waals surface area (Å²) in [4.78, 5) is 19.8. The molecule has 0 aliphatic heterocycles. The zero-order valence-corrected chi connectivity index (χ0v) is 12.3. The Morgan fingerprint density at radius 1 is 1.19 bits per heavy atom. The first-order valence-electron chi connectivity index (χ1n) is 6.12. The van der Waals surface area contributed by atoms with Crippen LogP contribution in [0.4, 0.5) is 5.95 Å². The molecule has 110 valence electrons. The number of hydrogen-bond donors (Lipinski definition) is 1. The van der Waals surface area contributed by atoms with Crippen molar-refractivity contribution in [2.24, 2.45) is 0 Å². The molecule has 0 atom stereocenters. The van der Waals surface area contributed by atoms with Crippen molar-refractivity contribution in [3.63, 3.8) is 0 Å². The topological polar surface area (TPSA) is 73.3 Å². The number of anilines is 1. The maximum atomic E-state index is 11.9. The predicted molar refractivity (Wildman–Crippen MR) is 78.9 cm³/mol. The van der Waals surface area contributed by atoms with Crippen LogP contribution in [-0.2, 0) is 11.2 Å². The number of nitrogens with one attached hydrogen (secondary N) is 1. The zero-order valence-electron chi connectivity index (χ0n) is 11.6. The normalized spacial score (nSPS) is 10.0. The maximum Gasteiger partial charge on any atom is 0.234 e. The maximum absolute atomic E-state index is 11.9. The van der Waals surface area contributed by atoms with Gasteiger partial charge in [-0.05, 0) is 17.7 Å². The van der Waals surface area contributed by atoms with Gasteiger partial charge in [0.05, 0.1) is 20.6 Å². The number of carbonyl (C=O) groups excluding carboxylic acids is 1. The number of carbonyl (C=O) groups is 1. The Balaban J connectivity index is 2.02. The molecule has 0 unspecified atom stereocenters. The van der Waals surface area contributed by atoms with E-state index in [4.69, 9.17) is 21.1 Å². The molecule has 1 heterocycles. The third-order valence-electron chi connectivity index (χ3n) is 2.66. The molecule has 6 nitrogen and oxygen atoms in total. The quantitative estimate of drug-likeness (QED) is 0.858. The van der Waals surface area contributed by atoms with Gasteiger partial charge in [0.25, 0.3) is 0 Å². The number of rotatable bonds is 5. The third-order valence-corrected chi connectivity index (χ3v) is 2.85. The Labute approximate surface area is 127 Å². The second kappa shape index (κ2) is 6.90. The summed E-state index contributed by atoms with van der Waals surface area (Å²) in [5.74, 6) is 0.888. The summed E-state index contributed by atoms with van der Waals surface area (Å²) >= 11 is 5.81. The molecule has 0 spiro atoms. The lowest BCUT2D eigenvalue weighted by Gasteiger charge is -2.06. The van der Waals surface area contributed by atoms with Crippen molar-refractivity contribution < 1.29 is 14.3 Å². The zero-order chi connectivity index (χ0) is 15.2. The molecule has 0 aliphatic carbocycles. The molecule has 2 rings (SSSR count). The van der Waals surface area contributed by atoms with E-state index >= 15 is 0 Å². The van der Waals surface area contributed by atoms with Crippen LogP contribution < -0.4 is 14.8 Å². The Kier molecular flexibility index (Phi) is 4.94.